The van der Waals surface area contributed by atoms with Gasteiger partial charge in [-0.3, -0.25) is 0 Å². The van der Waals surface area contributed by atoms with Crippen LogP contribution in [0.25, 0.3) is 111 Å². The first-order valence-electron chi connectivity index (χ1n) is 17.3. The maximum Gasteiger partial charge on any atom is 0.164 e. The molecule has 0 bridgehead atoms. The molecule has 11 rings (SSSR count). The first kappa shape index (κ1) is 28.7. The van der Waals surface area contributed by atoms with Gasteiger partial charge < -0.3 is 8.83 Å². The highest BCUT2D eigenvalue weighted by molar-refractivity contribution is 6.13. The zero-order chi connectivity index (χ0) is 34.2. The summed E-state index contributed by atoms with van der Waals surface area (Å²) in [7, 11) is 0. The molecule has 0 aliphatic heterocycles. The maximum atomic E-state index is 6.24. The molecule has 5 nitrogen and oxygen atoms in total. The van der Waals surface area contributed by atoms with Crippen molar-refractivity contribution >= 4 is 65.4 Å². The van der Waals surface area contributed by atoms with Gasteiger partial charge in [-0.1, -0.05) is 121 Å². The molecule has 8 aromatic carbocycles. The van der Waals surface area contributed by atoms with Crippen molar-refractivity contribution < 1.29 is 8.83 Å². The number of rotatable bonds is 4. The van der Waals surface area contributed by atoms with Crippen molar-refractivity contribution in [3.8, 4) is 45.3 Å². The van der Waals surface area contributed by atoms with Gasteiger partial charge in [0, 0.05) is 38.2 Å². The average Bonchev–Trinajstić information content (AvgIpc) is 3.77. The second-order valence-electron chi connectivity index (χ2n) is 13.2. The summed E-state index contributed by atoms with van der Waals surface area (Å²) in [5.74, 6) is 1.83. The van der Waals surface area contributed by atoms with Gasteiger partial charge >= 0.3 is 0 Å². The molecule has 0 N–H and O–H groups in total. The smallest absolute Gasteiger partial charge is 0.164 e. The van der Waals surface area contributed by atoms with Crippen LogP contribution in [0.4, 0.5) is 0 Å². The predicted octanol–water partition coefficient (Wildman–Crippen LogP) is 12.6. The van der Waals surface area contributed by atoms with Crippen LogP contribution in [0.2, 0.25) is 0 Å². The van der Waals surface area contributed by atoms with Crippen LogP contribution in [0, 0.1) is 0 Å². The summed E-state index contributed by atoms with van der Waals surface area (Å²) in [4.78, 5) is 15.4. The van der Waals surface area contributed by atoms with Gasteiger partial charge in [-0.2, -0.15) is 0 Å². The second-order valence-corrected chi connectivity index (χ2v) is 13.2. The fraction of sp³-hybridized carbons (Fsp3) is 0. The quantitative estimate of drug-likeness (QED) is 0.187. The maximum absolute atomic E-state index is 6.24. The zero-order valence-electron chi connectivity index (χ0n) is 27.7. The number of furan rings is 2. The first-order valence-corrected chi connectivity index (χ1v) is 17.3. The average molecular weight is 666 g/mol. The molecular formula is C47H27N3O2. The number of hydrogen-bond donors (Lipinski definition) is 0. The lowest BCUT2D eigenvalue weighted by Gasteiger charge is -2.14. The minimum atomic E-state index is 0.598. The van der Waals surface area contributed by atoms with Crippen LogP contribution in [0.15, 0.2) is 173 Å². The highest BCUT2D eigenvalue weighted by Gasteiger charge is 2.19. The third-order valence-electron chi connectivity index (χ3n) is 10.1. The molecule has 52 heavy (non-hydrogen) atoms. The third-order valence-corrected chi connectivity index (χ3v) is 10.1. The number of hydrogen-bond acceptors (Lipinski definition) is 5. The Morgan fingerprint density at radius 1 is 0.308 bits per heavy atom. The molecule has 5 heteroatoms. The van der Waals surface area contributed by atoms with E-state index in [9.17, 15) is 0 Å². The summed E-state index contributed by atoms with van der Waals surface area (Å²) >= 11 is 0. The Labute approximate surface area is 297 Å². The molecule has 0 amide bonds. The molecule has 3 heterocycles. The second kappa shape index (κ2) is 11.2. The van der Waals surface area contributed by atoms with Crippen molar-refractivity contribution in [3.63, 3.8) is 0 Å². The molecule has 242 valence electrons. The molecule has 0 unspecified atom stereocenters. The van der Waals surface area contributed by atoms with Gasteiger partial charge in [-0.05, 0) is 75.1 Å². The summed E-state index contributed by atoms with van der Waals surface area (Å²) in [6, 6.07) is 56.4. The van der Waals surface area contributed by atoms with E-state index in [1.807, 2.05) is 72.8 Å². The van der Waals surface area contributed by atoms with Crippen molar-refractivity contribution in [2.75, 3.05) is 0 Å². The minimum absolute atomic E-state index is 0.598. The fourth-order valence-corrected chi connectivity index (χ4v) is 7.68. The van der Waals surface area contributed by atoms with E-state index in [0.29, 0.717) is 17.5 Å². The van der Waals surface area contributed by atoms with Gasteiger partial charge in [0.25, 0.3) is 0 Å². The number of fused-ring (bicyclic) bond motifs is 8. The number of para-hydroxylation sites is 2. The Balaban J connectivity index is 1.10. The highest BCUT2D eigenvalue weighted by atomic mass is 16.3. The lowest BCUT2D eigenvalue weighted by atomic mass is 9.93. The number of nitrogens with zero attached hydrogens (tertiary/aromatic N) is 3. The van der Waals surface area contributed by atoms with Crippen LogP contribution in [0.5, 0.6) is 0 Å². The van der Waals surface area contributed by atoms with Crippen LogP contribution >= 0.6 is 0 Å². The van der Waals surface area contributed by atoms with Gasteiger partial charge in [-0.15, -0.1) is 0 Å². The first-order chi connectivity index (χ1) is 25.7. The summed E-state index contributed by atoms with van der Waals surface area (Å²) in [5.41, 5.74) is 8.46. The molecule has 0 saturated heterocycles. The van der Waals surface area contributed by atoms with E-state index < -0.39 is 0 Å². The molecule has 0 spiro atoms. The molecule has 0 fully saturated rings. The van der Waals surface area contributed by atoms with Gasteiger partial charge in [0.05, 0.1) is 0 Å². The zero-order valence-corrected chi connectivity index (χ0v) is 27.7. The van der Waals surface area contributed by atoms with Crippen LogP contribution in [-0.4, -0.2) is 15.0 Å². The van der Waals surface area contributed by atoms with Crippen molar-refractivity contribution in [3.05, 3.63) is 164 Å². The van der Waals surface area contributed by atoms with Crippen molar-refractivity contribution in [1.82, 2.24) is 15.0 Å². The topological polar surface area (TPSA) is 65.0 Å². The SMILES string of the molecule is c1ccc(-c2nc(-c3ccc(-c4ccc5cc6c(cc5c4)oc4ccccc46)c4ccccc34)nc(-c3cccc4oc5ccccc5c34)n2)cc1. The standard InChI is InChI=1S/C47H27N3O2/c1-2-11-28(12-3-1)45-48-46(50-47(49-45)38-17-10-20-42-44(38)37-16-7-9-19-41(37)51-42)36-24-23-32(33-13-4-5-14-34(33)36)30-22-21-29-26-39-35-15-6-8-18-40(35)52-43(39)27-31(29)25-30/h1-27H. The molecule has 0 atom stereocenters. The van der Waals surface area contributed by atoms with E-state index in [2.05, 4.69) is 91.0 Å². The van der Waals surface area contributed by atoms with E-state index in [4.69, 9.17) is 23.8 Å². The van der Waals surface area contributed by atoms with Crippen LogP contribution in [0.1, 0.15) is 0 Å². The summed E-state index contributed by atoms with van der Waals surface area (Å²) in [6.07, 6.45) is 0. The summed E-state index contributed by atoms with van der Waals surface area (Å²) < 4.78 is 12.5. The van der Waals surface area contributed by atoms with E-state index >= 15 is 0 Å². The highest BCUT2D eigenvalue weighted by Crippen LogP contribution is 2.40. The molecule has 0 saturated carbocycles. The largest absolute Gasteiger partial charge is 0.456 e. The molecule has 11 aromatic rings. The van der Waals surface area contributed by atoms with E-state index in [1.54, 1.807) is 0 Å². The Morgan fingerprint density at radius 3 is 1.75 bits per heavy atom. The summed E-state index contributed by atoms with van der Waals surface area (Å²) in [5, 5.41) is 8.79. The van der Waals surface area contributed by atoms with Crippen molar-refractivity contribution in [2.45, 2.75) is 0 Å². The fourth-order valence-electron chi connectivity index (χ4n) is 7.68. The number of benzene rings is 8. The molecule has 0 aliphatic rings. The van der Waals surface area contributed by atoms with E-state index in [0.717, 1.165) is 87.9 Å². The Bertz CT molecular complexity index is 3190. The Kier molecular flexibility index (Phi) is 6.18. The van der Waals surface area contributed by atoms with E-state index in [1.165, 1.54) is 5.39 Å². The van der Waals surface area contributed by atoms with Crippen molar-refractivity contribution in [2.24, 2.45) is 0 Å². The van der Waals surface area contributed by atoms with Crippen LogP contribution in [0.3, 0.4) is 0 Å². The van der Waals surface area contributed by atoms with Gasteiger partial charge in [0.1, 0.15) is 22.3 Å². The normalized spacial score (nSPS) is 11.8. The predicted molar refractivity (Wildman–Crippen MR) is 211 cm³/mol. The van der Waals surface area contributed by atoms with Crippen molar-refractivity contribution in [1.29, 1.82) is 0 Å². The lowest BCUT2D eigenvalue weighted by molar-refractivity contribution is 0.669. The third kappa shape index (κ3) is 4.46. The number of aromatic nitrogens is 3. The molecule has 0 radical (unpaired) electrons. The van der Waals surface area contributed by atoms with Gasteiger partial charge in [0.2, 0.25) is 0 Å². The molecule has 0 aliphatic carbocycles. The summed E-state index contributed by atoms with van der Waals surface area (Å²) in [6.45, 7) is 0. The Morgan fingerprint density at radius 2 is 0.923 bits per heavy atom. The monoisotopic (exact) mass is 665 g/mol. The van der Waals surface area contributed by atoms with Crippen LogP contribution in [-0.2, 0) is 0 Å². The van der Waals surface area contributed by atoms with E-state index in [-0.39, 0.29) is 0 Å². The van der Waals surface area contributed by atoms with Gasteiger partial charge in [-0.25, -0.2) is 15.0 Å². The van der Waals surface area contributed by atoms with Crippen LogP contribution < -0.4 is 0 Å². The molecule has 3 aromatic heterocycles. The molecular weight excluding hydrogens is 639 g/mol. The minimum Gasteiger partial charge on any atom is -0.456 e. The lowest BCUT2D eigenvalue weighted by Crippen LogP contribution is -2.01. The van der Waals surface area contributed by atoms with Gasteiger partial charge in [0.15, 0.2) is 17.5 Å². The Hall–Kier alpha value is -7.11.